The number of rotatable bonds is 1. The van der Waals surface area contributed by atoms with Gasteiger partial charge >= 0.3 is 0 Å². The normalized spacial score (nSPS) is 20.5. The van der Waals surface area contributed by atoms with E-state index in [-0.39, 0.29) is 0 Å². The van der Waals surface area contributed by atoms with Gasteiger partial charge in [0.05, 0.1) is 9.80 Å². The summed E-state index contributed by atoms with van der Waals surface area (Å²) in [5, 5.41) is 0. The molecule has 1 aliphatic heterocycles. The van der Waals surface area contributed by atoms with Crippen molar-refractivity contribution in [3.63, 3.8) is 0 Å². The lowest BCUT2D eigenvalue weighted by Crippen LogP contribution is -2.02. The van der Waals surface area contributed by atoms with Crippen molar-refractivity contribution in [2.45, 2.75) is 63.2 Å². The van der Waals surface area contributed by atoms with E-state index in [0.29, 0.717) is 5.92 Å². The molecule has 1 aromatic carbocycles. The number of thioether (sulfide) groups is 1. The molecule has 0 aromatic heterocycles. The van der Waals surface area contributed by atoms with Crippen LogP contribution in [0.3, 0.4) is 0 Å². The minimum absolute atomic E-state index is 0.553. The summed E-state index contributed by atoms with van der Waals surface area (Å²) in [7, 11) is 0. The summed E-state index contributed by atoms with van der Waals surface area (Å²) in [4.78, 5) is 2.61. The zero-order valence-corrected chi connectivity index (χ0v) is 14.8. The highest BCUT2D eigenvalue weighted by Crippen LogP contribution is 2.49. The lowest BCUT2D eigenvalue weighted by atomic mass is 10.0. The second-order valence-electron chi connectivity index (χ2n) is 7.02. The van der Waals surface area contributed by atoms with E-state index in [1.165, 1.54) is 59.5 Å². The minimum Gasteiger partial charge on any atom is -0.455 e. The first-order valence-corrected chi connectivity index (χ1v) is 9.68. The Morgan fingerprint density at radius 3 is 2.52 bits per heavy atom. The molecule has 1 saturated carbocycles. The fourth-order valence-electron chi connectivity index (χ4n) is 3.61. The molecule has 0 saturated heterocycles. The number of benzene rings is 1. The van der Waals surface area contributed by atoms with Crippen LogP contribution in [0.5, 0.6) is 5.75 Å². The fraction of sp³-hybridized carbons (Fsp3) is 0.429. The Kier molecular flexibility index (Phi) is 4.11. The van der Waals surface area contributed by atoms with E-state index >= 15 is 0 Å². The molecular formula is C21H24OS. The first-order valence-electron chi connectivity index (χ1n) is 8.87. The average Bonchev–Trinajstić information content (AvgIpc) is 2.78. The van der Waals surface area contributed by atoms with Gasteiger partial charge in [0.25, 0.3) is 0 Å². The zero-order valence-electron chi connectivity index (χ0n) is 14.0. The first kappa shape index (κ1) is 15.1. The third-order valence-corrected chi connectivity index (χ3v) is 6.19. The maximum atomic E-state index is 6.18. The molecule has 0 amide bonds. The number of fused-ring (bicyclic) bond motifs is 1. The second kappa shape index (κ2) is 6.24. The van der Waals surface area contributed by atoms with Gasteiger partial charge in [0, 0.05) is 0 Å². The molecule has 0 bridgehead atoms. The molecule has 3 aliphatic rings. The summed E-state index contributed by atoms with van der Waals surface area (Å²) in [5.74, 6) is 2.61. The van der Waals surface area contributed by atoms with Gasteiger partial charge in [-0.25, -0.2) is 0 Å². The third kappa shape index (κ3) is 2.89. The van der Waals surface area contributed by atoms with Crippen LogP contribution in [-0.2, 0) is 0 Å². The maximum absolute atomic E-state index is 6.18. The summed E-state index contributed by atoms with van der Waals surface area (Å²) >= 11 is 1.90. The molecule has 1 aromatic rings. The van der Waals surface area contributed by atoms with E-state index in [4.69, 9.17) is 4.74 Å². The summed E-state index contributed by atoms with van der Waals surface area (Å²) in [6.07, 6.45) is 12.4. The molecule has 2 heteroatoms. The molecule has 1 nitrogen and oxygen atoms in total. The first-order chi connectivity index (χ1) is 11.2. The van der Waals surface area contributed by atoms with Crippen LogP contribution in [0.4, 0.5) is 0 Å². The van der Waals surface area contributed by atoms with Gasteiger partial charge in [-0.15, -0.1) is 0 Å². The Balaban J connectivity index is 1.68. The Hall–Kier alpha value is -1.41. The van der Waals surface area contributed by atoms with Crippen molar-refractivity contribution in [2.75, 3.05) is 0 Å². The predicted molar refractivity (Wildman–Crippen MR) is 97.9 cm³/mol. The molecular weight excluding hydrogens is 300 g/mol. The van der Waals surface area contributed by atoms with E-state index in [1.54, 1.807) is 5.57 Å². The van der Waals surface area contributed by atoms with E-state index in [9.17, 15) is 0 Å². The van der Waals surface area contributed by atoms with E-state index in [0.717, 1.165) is 11.5 Å². The summed E-state index contributed by atoms with van der Waals surface area (Å²) in [6.45, 7) is 4.49. The summed E-state index contributed by atoms with van der Waals surface area (Å²) in [6, 6.07) is 6.63. The molecule has 0 radical (unpaired) electrons. The Bertz CT molecular complexity index is 711. The van der Waals surface area contributed by atoms with Crippen molar-refractivity contribution in [1.29, 1.82) is 0 Å². The number of allylic oxidation sites excluding steroid dienone is 4. The van der Waals surface area contributed by atoms with Crippen molar-refractivity contribution >= 4 is 11.8 Å². The highest BCUT2D eigenvalue weighted by molar-refractivity contribution is 8.03. The number of hydrogen-bond donors (Lipinski definition) is 0. The number of hydrogen-bond acceptors (Lipinski definition) is 2. The topological polar surface area (TPSA) is 9.23 Å². The zero-order chi connectivity index (χ0) is 15.8. The van der Waals surface area contributed by atoms with Crippen LogP contribution in [0.1, 0.15) is 63.9 Å². The van der Waals surface area contributed by atoms with Crippen LogP contribution in [0.15, 0.2) is 57.1 Å². The molecule has 0 spiro atoms. The van der Waals surface area contributed by atoms with Crippen LogP contribution in [0.25, 0.3) is 0 Å². The van der Waals surface area contributed by atoms with Gasteiger partial charge in [-0.3, -0.25) is 0 Å². The van der Waals surface area contributed by atoms with Gasteiger partial charge < -0.3 is 4.74 Å². The quantitative estimate of drug-likeness (QED) is 0.530. The van der Waals surface area contributed by atoms with Crippen molar-refractivity contribution in [2.24, 2.45) is 0 Å². The van der Waals surface area contributed by atoms with Crippen LogP contribution in [-0.4, -0.2) is 0 Å². The van der Waals surface area contributed by atoms with E-state index in [2.05, 4.69) is 44.2 Å². The van der Waals surface area contributed by atoms with Gasteiger partial charge in [0.2, 0.25) is 0 Å². The number of ether oxygens (including phenoxy) is 1. The molecule has 0 N–H and O–H groups in total. The molecule has 1 fully saturated rings. The summed E-state index contributed by atoms with van der Waals surface area (Å²) < 4.78 is 6.18. The fourth-order valence-corrected chi connectivity index (χ4v) is 4.77. The highest BCUT2D eigenvalue weighted by Gasteiger charge is 2.27. The maximum Gasteiger partial charge on any atom is 0.142 e. The van der Waals surface area contributed by atoms with Gasteiger partial charge in [-0.2, -0.15) is 0 Å². The van der Waals surface area contributed by atoms with Gasteiger partial charge in [-0.05, 0) is 60.9 Å². The van der Waals surface area contributed by atoms with Crippen molar-refractivity contribution in [1.82, 2.24) is 0 Å². The van der Waals surface area contributed by atoms with E-state index in [1.807, 2.05) is 11.8 Å². The Labute approximate surface area is 143 Å². The molecule has 23 heavy (non-hydrogen) atoms. The van der Waals surface area contributed by atoms with Gasteiger partial charge in [0.1, 0.15) is 11.5 Å². The smallest absolute Gasteiger partial charge is 0.142 e. The highest BCUT2D eigenvalue weighted by atomic mass is 32.2. The predicted octanol–water partition coefficient (Wildman–Crippen LogP) is 6.73. The molecule has 4 rings (SSSR count). The van der Waals surface area contributed by atoms with Crippen molar-refractivity contribution in [3.05, 3.63) is 57.7 Å². The van der Waals surface area contributed by atoms with Crippen molar-refractivity contribution in [3.8, 4) is 5.75 Å². The SMILES string of the molecule is CC(C)c1ccc2c(c1)SC1=C(C=CC1=C1CCCCCC1)O2. The summed E-state index contributed by atoms with van der Waals surface area (Å²) in [5.41, 5.74) is 4.48. The second-order valence-corrected chi connectivity index (χ2v) is 8.08. The third-order valence-electron chi connectivity index (χ3n) is 5.02. The van der Waals surface area contributed by atoms with Gasteiger partial charge in [-0.1, -0.05) is 56.2 Å². The van der Waals surface area contributed by atoms with Crippen molar-refractivity contribution < 1.29 is 4.74 Å². The standard InChI is InChI=1S/C21H24OS/c1-14(2)16-9-11-18-20(13-16)23-21-17(10-12-19(21)22-18)15-7-5-3-4-6-8-15/h9-14H,3-8H2,1-2H3. The van der Waals surface area contributed by atoms with Crippen LogP contribution in [0, 0.1) is 0 Å². The lowest BCUT2D eigenvalue weighted by molar-refractivity contribution is 0.430. The minimum atomic E-state index is 0.553. The Morgan fingerprint density at radius 2 is 1.78 bits per heavy atom. The largest absolute Gasteiger partial charge is 0.455 e. The molecule has 1 heterocycles. The van der Waals surface area contributed by atoms with Crippen LogP contribution >= 0.6 is 11.8 Å². The monoisotopic (exact) mass is 324 g/mol. The van der Waals surface area contributed by atoms with Gasteiger partial charge in [0.15, 0.2) is 0 Å². The average molecular weight is 324 g/mol. The molecule has 0 unspecified atom stereocenters. The molecule has 2 aliphatic carbocycles. The van der Waals surface area contributed by atoms with Crippen LogP contribution < -0.4 is 4.74 Å². The Morgan fingerprint density at radius 1 is 1.00 bits per heavy atom. The molecule has 120 valence electrons. The van der Waals surface area contributed by atoms with E-state index < -0.39 is 0 Å². The molecule has 0 atom stereocenters. The van der Waals surface area contributed by atoms with Crippen LogP contribution in [0.2, 0.25) is 0 Å². The lowest BCUT2D eigenvalue weighted by Gasteiger charge is -2.21.